The van der Waals surface area contributed by atoms with Crippen molar-refractivity contribution >= 4 is 5.91 Å². The van der Waals surface area contributed by atoms with Crippen LogP contribution in [0, 0.1) is 0 Å². The van der Waals surface area contributed by atoms with Crippen LogP contribution in [0.5, 0.6) is 5.75 Å². The molecule has 0 saturated carbocycles. The van der Waals surface area contributed by atoms with Gasteiger partial charge in [0, 0.05) is 25.0 Å². The molecule has 0 saturated heterocycles. The Balaban J connectivity index is 1.92. The van der Waals surface area contributed by atoms with Crippen LogP contribution in [0.3, 0.4) is 0 Å². The van der Waals surface area contributed by atoms with Gasteiger partial charge >= 0.3 is 0 Å². The van der Waals surface area contributed by atoms with Gasteiger partial charge in [-0.2, -0.15) is 0 Å². The fourth-order valence-corrected chi connectivity index (χ4v) is 2.16. The van der Waals surface area contributed by atoms with Crippen molar-refractivity contribution < 1.29 is 14.6 Å². The van der Waals surface area contributed by atoms with Crippen molar-refractivity contribution in [1.29, 1.82) is 0 Å². The molecule has 1 aromatic rings. The van der Waals surface area contributed by atoms with Gasteiger partial charge < -0.3 is 15.2 Å². The lowest BCUT2D eigenvalue weighted by molar-refractivity contribution is -0.122. The number of rotatable bonds is 5. The summed E-state index contributed by atoms with van der Waals surface area (Å²) in [6.07, 6.45) is 2.69. The van der Waals surface area contributed by atoms with Crippen LogP contribution < -0.4 is 10.1 Å². The van der Waals surface area contributed by atoms with Crippen molar-refractivity contribution in [3.05, 3.63) is 29.8 Å². The van der Waals surface area contributed by atoms with E-state index in [1.807, 2.05) is 24.3 Å². The number of aliphatic hydroxyl groups excluding tert-OH is 1. The molecule has 4 nitrogen and oxygen atoms in total. The summed E-state index contributed by atoms with van der Waals surface area (Å²) < 4.78 is 5.55. The smallest absolute Gasteiger partial charge is 0.220 e. The molecule has 0 spiro atoms. The van der Waals surface area contributed by atoms with Crippen LogP contribution in [0.25, 0.3) is 0 Å². The van der Waals surface area contributed by atoms with E-state index in [2.05, 4.69) is 5.32 Å². The van der Waals surface area contributed by atoms with Crippen LogP contribution >= 0.6 is 0 Å². The molecule has 1 unspecified atom stereocenters. The summed E-state index contributed by atoms with van der Waals surface area (Å²) in [7, 11) is 0. The van der Waals surface area contributed by atoms with E-state index in [9.17, 15) is 4.79 Å². The number of hydrogen-bond acceptors (Lipinski definition) is 3. The second-order valence-corrected chi connectivity index (χ2v) is 4.48. The molecule has 2 rings (SSSR count). The number of fused-ring (bicyclic) bond motifs is 1. The van der Waals surface area contributed by atoms with E-state index in [0.717, 1.165) is 24.2 Å². The first-order valence-corrected chi connectivity index (χ1v) is 6.43. The highest BCUT2D eigenvalue weighted by Gasteiger charge is 2.22. The molecule has 0 fully saturated rings. The fraction of sp³-hybridized carbons (Fsp3) is 0.500. The van der Waals surface area contributed by atoms with E-state index < -0.39 is 0 Å². The standard InChI is InChI=1S/C14H19NO3/c16-9-4-3-7-14(17)15-12-8-10-18-13-6-2-1-5-11(12)13/h1-2,5-6,12,16H,3-4,7-10H2,(H,15,17). The first-order valence-electron chi connectivity index (χ1n) is 6.43. The predicted molar refractivity (Wildman–Crippen MR) is 68.4 cm³/mol. The molecule has 1 aliphatic heterocycles. The minimum absolute atomic E-state index is 0.0464. The summed E-state index contributed by atoms with van der Waals surface area (Å²) in [5.41, 5.74) is 1.05. The lowest BCUT2D eigenvalue weighted by Gasteiger charge is -2.26. The Kier molecular flexibility index (Phi) is 4.59. The highest BCUT2D eigenvalue weighted by molar-refractivity contribution is 5.76. The lowest BCUT2D eigenvalue weighted by atomic mass is 10.0. The van der Waals surface area contributed by atoms with Crippen LogP contribution in [-0.4, -0.2) is 24.2 Å². The third-order valence-corrected chi connectivity index (χ3v) is 3.11. The lowest BCUT2D eigenvalue weighted by Crippen LogP contribution is -2.31. The molecule has 4 heteroatoms. The molecule has 18 heavy (non-hydrogen) atoms. The van der Waals surface area contributed by atoms with Crippen molar-refractivity contribution in [1.82, 2.24) is 5.32 Å². The largest absolute Gasteiger partial charge is 0.493 e. The van der Waals surface area contributed by atoms with Crippen molar-refractivity contribution in [2.45, 2.75) is 31.7 Å². The maximum Gasteiger partial charge on any atom is 0.220 e. The van der Waals surface area contributed by atoms with Crippen LogP contribution in [0.15, 0.2) is 24.3 Å². The minimum atomic E-state index is 0.0464. The normalized spacial score (nSPS) is 17.7. The first kappa shape index (κ1) is 12.9. The van der Waals surface area contributed by atoms with Gasteiger partial charge in [-0.25, -0.2) is 0 Å². The number of aliphatic hydroxyl groups is 1. The van der Waals surface area contributed by atoms with Gasteiger partial charge in [0.15, 0.2) is 0 Å². The number of amides is 1. The molecule has 0 bridgehead atoms. The van der Waals surface area contributed by atoms with Crippen LogP contribution in [0.4, 0.5) is 0 Å². The Morgan fingerprint density at radius 1 is 1.39 bits per heavy atom. The molecule has 1 heterocycles. The average molecular weight is 249 g/mol. The summed E-state index contributed by atoms with van der Waals surface area (Å²) in [4.78, 5) is 11.8. The van der Waals surface area contributed by atoms with Gasteiger partial charge in [0.25, 0.3) is 0 Å². The second kappa shape index (κ2) is 6.40. The van der Waals surface area contributed by atoms with Gasteiger partial charge in [-0.1, -0.05) is 18.2 Å². The topological polar surface area (TPSA) is 58.6 Å². The summed E-state index contributed by atoms with van der Waals surface area (Å²) in [6, 6.07) is 7.87. The molecule has 1 aromatic carbocycles. The minimum Gasteiger partial charge on any atom is -0.493 e. The molecule has 0 radical (unpaired) electrons. The molecular weight excluding hydrogens is 230 g/mol. The molecule has 1 atom stereocenters. The summed E-state index contributed by atoms with van der Waals surface area (Å²) in [5, 5.41) is 11.7. The van der Waals surface area contributed by atoms with E-state index in [-0.39, 0.29) is 18.6 Å². The molecule has 2 N–H and O–H groups in total. The molecule has 1 amide bonds. The second-order valence-electron chi connectivity index (χ2n) is 4.48. The summed E-state index contributed by atoms with van der Waals surface area (Å²) in [6.45, 7) is 0.784. The summed E-state index contributed by atoms with van der Waals surface area (Å²) in [5.74, 6) is 0.912. The number of benzene rings is 1. The van der Waals surface area contributed by atoms with E-state index >= 15 is 0 Å². The zero-order valence-corrected chi connectivity index (χ0v) is 10.4. The Morgan fingerprint density at radius 2 is 2.22 bits per heavy atom. The molecule has 1 aliphatic rings. The number of carbonyl (C=O) groups is 1. The highest BCUT2D eigenvalue weighted by Crippen LogP contribution is 2.31. The number of carbonyl (C=O) groups excluding carboxylic acids is 1. The average Bonchev–Trinajstić information content (AvgIpc) is 2.39. The van der Waals surface area contributed by atoms with Crippen molar-refractivity contribution in [2.24, 2.45) is 0 Å². The molecule has 0 aliphatic carbocycles. The molecule has 0 aromatic heterocycles. The number of para-hydroxylation sites is 1. The van der Waals surface area contributed by atoms with Gasteiger partial charge in [0.05, 0.1) is 12.6 Å². The van der Waals surface area contributed by atoms with Crippen molar-refractivity contribution in [2.75, 3.05) is 13.2 Å². The van der Waals surface area contributed by atoms with Crippen molar-refractivity contribution in [3.8, 4) is 5.75 Å². The van der Waals surface area contributed by atoms with E-state index in [1.54, 1.807) is 0 Å². The van der Waals surface area contributed by atoms with Crippen LogP contribution in [-0.2, 0) is 4.79 Å². The van der Waals surface area contributed by atoms with E-state index in [1.165, 1.54) is 0 Å². The molecule has 98 valence electrons. The van der Waals surface area contributed by atoms with Crippen LogP contribution in [0.2, 0.25) is 0 Å². The number of ether oxygens (including phenoxy) is 1. The quantitative estimate of drug-likeness (QED) is 0.782. The maximum absolute atomic E-state index is 11.8. The van der Waals surface area contributed by atoms with Gasteiger partial charge in [-0.05, 0) is 18.9 Å². The SMILES string of the molecule is O=C(CCCCO)NC1CCOc2ccccc21. The number of hydrogen-bond donors (Lipinski definition) is 2. The predicted octanol–water partition coefficient (Wildman–Crippen LogP) is 1.79. The van der Waals surface area contributed by atoms with Crippen molar-refractivity contribution in [3.63, 3.8) is 0 Å². The Morgan fingerprint density at radius 3 is 3.06 bits per heavy atom. The zero-order valence-electron chi connectivity index (χ0n) is 10.4. The Hall–Kier alpha value is -1.55. The Labute approximate surface area is 107 Å². The van der Waals surface area contributed by atoms with Gasteiger partial charge in [0.1, 0.15) is 5.75 Å². The third-order valence-electron chi connectivity index (χ3n) is 3.11. The Bertz CT molecular complexity index is 406. The van der Waals surface area contributed by atoms with Gasteiger partial charge in [0.2, 0.25) is 5.91 Å². The zero-order chi connectivity index (χ0) is 12.8. The van der Waals surface area contributed by atoms with Crippen LogP contribution in [0.1, 0.15) is 37.3 Å². The fourth-order valence-electron chi connectivity index (χ4n) is 2.16. The number of unbranched alkanes of at least 4 members (excludes halogenated alkanes) is 1. The van der Waals surface area contributed by atoms with E-state index in [0.29, 0.717) is 19.4 Å². The summed E-state index contributed by atoms with van der Waals surface area (Å²) >= 11 is 0. The maximum atomic E-state index is 11.8. The number of nitrogens with one attached hydrogen (secondary N) is 1. The highest BCUT2D eigenvalue weighted by atomic mass is 16.5. The molecular formula is C14H19NO3. The van der Waals surface area contributed by atoms with E-state index in [4.69, 9.17) is 9.84 Å². The van der Waals surface area contributed by atoms with Gasteiger partial charge in [-0.15, -0.1) is 0 Å². The monoisotopic (exact) mass is 249 g/mol. The van der Waals surface area contributed by atoms with Gasteiger partial charge in [-0.3, -0.25) is 4.79 Å². The first-order chi connectivity index (χ1) is 8.81. The third kappa shape index (κ3) is 3.23.